The van der Waals surface area contributed by atoms with Crippen molar-refractivity contribution in [2.45, 2.75) is 13.0 Å². The maximum absolute atomic E-state index is 11.9. The summed E-state index contributed by atoms with van der Waals surface area (Å²) >= 11 is 17.9. The van der Waals surface area contributed by atoms with E-state index < -0.39 is 0 Å². The van der Waals surface area contributed by atoms with Crippen molar-refractivity contribution in [3.63, 3.8) is 0 Å². The summed E-state index contributed by atoms with van der Waals surface area (Å²) in [4.78, 5) is 11.9. The molecule has 0 radical (unpaired) electrons. The van der Waals surface area contributed by atoms with Crippen molar-refractivity contribution >= 4 is 40.7 Å². The highest BCUT2D eigenvalue weighted by atomic mass is 35.5. The lowest BCUT2D eigenvalue weighted by atomic mass is 10.1. The fourth-order valence-corrected chi connectivity index (χ4v) is 2.68. The third-order valence-electron chi connectivity index (χ3n) is 3.00. The van der Waals surface area contributed by atoms with Gasteiger partial charge in [-0.25, -0.2) is 0 Å². The number of benzene rings is 2. The molecule has 0 saturated heterocycles. The molecule has 116 valence electrons. The Morgan fingerprint density at radius 3 is 2.55 bits per heavy atom. The van der Waals surface area contributed by atoms with Crippen molar-refractivity contribution < 1.29 is 9.53 Å². The highest BCUT2D eigenvalue weighted by Gasteiger charge is 2.13. The minimum atomic E-state index is -0.265. The van der Waals surface area contributed by atoms with E-state index in [1.165, 1.54) is 0 Å². The molecule has 3 nitrogen and oxygen atoms in total. The van der Waals surface area contributed by atoms with Crippen LogP contribution in [-0.4, -0.2) is 12.5 Å². The van der Waals surface area contributed by atoms with E-state index >= 15 is 0 Å². The molecule has 0 bridgehead atoms. The second-order valence-corrected chi connectivity index (χ2v) is 5.92. The van der Waals surface area contributed by atoms with Gasteiger partial charge in [0, 0.05) is 10.0 Å². The Hall–Kier alpha value is -1.42. The Morgan fingerprint density at radius 1 is 1.14 bits per heavy atom. The molecule has 0 spiro atoms. The van der Waals surface area contributed by atoms with Gasteiger partial charge in [0.25, 0.3) is 5.91 Å². The number of ether oxygens (including phenoxy) is 1. The van der Waals surface area contributed by atoms with Crippen LogP contribution in [0.25, 0.3) is 0 Å². The van der Waals surface area contributed by atoms with Crippen LogP contribution in [0.3, 0.4) is 0 Å². The zero-order chi connectivity index (χ0) is 16.1. The van der Waals surface area contributed by atoms with Gasteiger partial charge < -0.3 is 10.1 Å². The summed E-state index contributed by atoms with van der Waals surface area (Å²) in [5.74, 6) is 0.204. The van der Waals surface area contributed by atoms with Gasteiger partial charge in [0.1, 0.15) is 5.75 Å². The standard InChI is InChI=1S/C16H14Cl3NO2/c1-10(12-7-6-11(17)8-14(12)19)20-16(21)9-22-15-5-3-2-4-13(15)18/h2-8,10H,9H2,1H3,(H,20,21). The molecule has 2 rings (SSSR count). The van der Waals surface area contributed by atoms with E-state index in [0.717, 1.165) is 5.56 Å². The van der Waals surface area contributed by atoms with Crippen molar-refractivity contribution in [2.24, 2.45) is 0 Å². The van der Waals surface area contributed by atoms with Crippen LogP contribution in [-0.2, 0) is 4.79 Å². The molecule has 1 unspecified atom stereocenters. The first-order chi connectivity index (χ1) is 10.5. The minimum Gasteiger partial charge on any atom is -0.482 e. The van der Waals surface area contributed by atoms with Gasteiger partial charge in [0.15, 0.2) is 6.61 Å². The largest absolute Gasteiger partial charge is 0.482 e. The lowest BCUT2D eigenvalue weighted by Gasteiger charge is -2.16. The average molecular weight is 359 g/mol. The summed E-state index contributed by atoms with van der Waals surface area (Å²) in [5.41, 5.74) is 0.789. The average Bonchev–Trinajstić information content (AvgIpc) is 2.46. The monoisotopic (exact) mass is 357 g/mol. The van der Waals surface area contributed by atoms with Crippen LogP contribution in [0, 0.1) is 0 Å². The number of rotatable bonds is 5. The predicted octanol–water partition coefficient (Wildman–Crippen LogP) is 4.90. The van der Waals surface area contributed by atoms with Crippen LogP contribution in [0.2, 0.25) is 15.1 Å². The molecule has 0 aliphatic heterocycles. The van der Waals surface area contributed by atoms with Gasteiger partial charge in [-0.15, -0.1) is 0 Å². The molecule has 6 heteroatoms. The molecule has 0 heterocycles. The first kappa shape index (κ1) is 16.9. The Bertz CT molecular complexity index is 676. The Morgan fingerprint density at radius 2 is 1.86 bits per heavy atom. The Labute approximate surface area is 144 Å². The van der Waals surface area contributed by atoms with E-state index in [-0.39, 0.29) is 18.6 Å². The van der Waals surface area contributed by atoms with Crippen molar-refractivity contribution in [2.75, 3.05) is 6.61 Å². The minimum absolute atomic E-state index is 0.126. The normalized spacial score (nSPS) is 11.8. The number of amides is 1. The van der Waals surface area contributed by atoms with Gasteiger partial charge in [-0.2, -0.15) is 0 Å². The zero-order valence-corrected chi connectivity index (χ0v) is 14.0. The van der Waals surface area contributed by atoms with Gasteiger partial charge in [0.05, 0.1) is 11.1 Å². The van der Waals surface area contributed by atoms with Crippen molar-refractivity contribution in [1.29, 1.82) is 0 Å². The third-order valence-corrected chi connectivity index (χ3v) is 3.88. The van der Waals surface area contributed by atoms with Gasteiger partial charge >= 0.3 is 0 Å². The quantitative estimate of drug-likeness (QED) is 0.825. The summed E-state index contributed by atoms with van der Waals surface area (Å²) < 4.78 is 5.39. The smallest absolute Gasteiger partial charge is 0.258 e. The number of carbonyl (C=O) groups excluding carboxylic acids is 1. The van der Waals surface area contributed by atoms with Crippen molar-refractivity contribution in [3.8, 4) is 5.75 Å². The van der Waals surface area contributed by atoms with Gasteiger partial charge in [-0.1, -0.05) is 53.0 Å². The number of carbonyl (C=O) groups is 1. The Kier molecular flexibility index (Phi) is 5.95. The molecule has 1 N–H and O–H groups in total. The van der Waals surface area contributed by atoms with Gasteiger partial charge in [-0.05, 0) is 36.8 Å². The second kappa shape index (κ2) is 7.73. The third kappa shape index (κ3) is 4.54. The van der Waals surface area contributed by atoms with Crippen LogP contribution in [0.5, 0.6) is 5.75 Å². The van der Waals surface area contributed by atoms with Crippen LogP contribution >= 0.6 is 34.8 Å². The molecule has 0 fully saturated rings. The van der Waals surface area contributed by atoms with E-state index in [0.29, 0.717) is 20.8 Å². The molecular weight excluding hydrogens is 345 g/mol. The summed E-state index contributed by atoms with van der Waals surface area (Å²) in [5, 5.41) is 4.33. The predicted molar refractivity (Wildman–Crippen MR) is 90.0 cm³/mol. The van der Waals surface area contributed by atoms with Gasteiger partial charge in [0.2, 0.25) is 0 Å². The summed E-state index contributed by atoms with van der Waals surface area (Å²) in [7, 11) is 0. The molecule has 0 saturated carbocycles. The van der Waals surface area contributed by atoms with E-state index in [1.54, 1.807) is 42.5 Å². The topological polar surface area (TPSA) is 38.3 Å². The maximum atomic E-state index is 11.9. The maximum Gasteiger partial charge on any atom is 0.258 e. The Balaban J connectivity index is 1.93. The molecule has 2 aromatic carbocycles. The van der Waals surface area contributed by atoms with E-state index in [4.69, 9.17) is 39.5 Å². The summed E-state index contributed by atoms with van der Waals surface area (Å²) in [6, 6.07) is 11.9. The fourth-order valence-electron chi connectivity index (χ4n) is 1.92. The van der Waals surface area contributed by atoms with Gasteiger partial charge in [-0.3, -0.25) is 4.79 Å². The summed E-state index contributed by atoms with van der Waals surface area (Å²) in [6.45, 7) is 1.71. The zero-order valence-electron chi connectivity index (χ0n) is 11.8. The molecule has 0 aliphatic rings. The van der Waals surface area contributed by atoms with E-state index in [1.807, 2.05) is 6.92 Å². The number of hydrogen-bond acceptors (Lipinski definition) is 2. The van der Waals surface area contributed by atoms with Crippen LogP contribution in [0.1, 0.15) is 18.5 Å². The molecule has 0 aromatic heterocycles. The van der Waals surface area contributed by atoms with Crippen LogP contribution in [0.4, 0.5) is 0 Å². The lowest BCUT2D eigenvalue weighted by Crippen LogP contribution is -2.31. The molecule has 22 heavy (non-hydrogen) atoms. The first-order valence-electron chi connectivity index (χ1n) is 6.59. The fraction of sp³-hybridized carbons (Fsp3) is 0.188. The highest BCUT2D eigenvalue weighted by Crippen LogP contribution is 2.26. The van der Waals surface area contributed by atoms with E-state index in [9.17, 15) is 4.79 Å². The summed E-state index contributed by atoms with van der Waals surface area (Å²) in [6.07, 6.45) is 0. The van der Waals surface area contributed by atoms with Crippen LogP contribution < -0.4 is 10.1 Å². The molecule has 1 amide bonds. The number of nitrogens with one attached hydrogen (secondary N) is 1. The number of para-hydroxylation sites is 1. The first-order valence-corrected chi connectivity index (χ1v) is 7.72. The number of halogens is 3. The lowest BCUT2D eigenvalue weighted by molar-refractivity contribution is -0.123. The van der Waals surface area contributed by atoms with Crippen LogP contribution in [0.15, 0.2) is 42.5 Å². The SMILES string of the molecule is CC(NC(=O)COc1ccccc1Cl)c1ccc(Cl)cc1Cl. The molecule has 1 atom stereocenters. The highest BCUT2D eigenvalue weighted by molar-refractivity contribution is 6.35. The van der Waals surface area contributed by atoms with Crippen molar-refractivity contribution in [1.82, 2.24) is 5.32 Å². The van der Waals surface area contributed by atoms with E-state index in [2.05, 4.69) is 5.32 Å². The second-order valence-electron chi connectivity index (χ2n) is 4.67. The molecular formula is C16H14Cl3NO2. The van der Waals surface area contributed by atoms with Crippen molar-refractivity contribution in [3.05, 3.63) is 63.1 Å². The molecule has 0 aliphatic carbocycles. The number of hydrogen-bond donors (Lipinski definition) is 1. The molecule has 2 aromatic rings.